The molecular weight excluding hydrogens is 188 g/mol. The molecule has 0 aliphatic rings. The number of carboxylic acids is 1. The van der Waals surface area contributed by atoms with Crippen LogP contribution in [-0.2, 0) is 0 Å². The van der Waals surface area contributed by atoms with Crippen LogP contribution in [0.25, 0.3) is 11.0 Å². The van der Waals surface area contributed by atoms with Gasteiger partial charge in [0.1, 0.15) is 0 Å². The van der Waals surface area contributed by atoms with Crippen LogP contribution in [0.15, 0.2) is 6.20 Å². The van der Waals surface area contributed by atoms with Crippen molar-refractivity contribution in [1.82, 2.24) is 20.2 Å². The van der Waals surface area contributed by atoms with E-state index in [0.717, 1.165) is 0 Å². The van der Waals surface area contributed by atoms with Gasteiger partial charge in [-0.25, -0.2) is 9.78 Å². The largest absolute Gasteiger partial charge is 0.476 e. The second-order valence-corrected chi connectivity index (χ2v) is 2.50. The summed E-state index contributed by atoms with van der Waals surface area (Å²) in [6, 6.07) is 0.165. The van der Waals surface area contributed by atoms with E-state index in [2.05, 4.69) is 20.2 Å². The lowest BCUT2D eigenvalue weighted by Crippen LogP contribution is -1.97. The second kappa shape index (κ2) is 2.95. The van der Waals surface area contributed by atoms with E-state index in [-0.39, 0.29) is 11.7 Å². The van der Waals surface area contributed by atoms with Gasteiger partial charge in [0.05, 0.1) is 12.5 Å². The Hall–Kier alpha value is -2.18. The van der Waals surface area contributed by atoms with Gasteiger partial charge in [0, 0.05) is 6.20 Å². The molecule has 0 bridgehead atoms. The third kappa shape index (κ3) is 1.15. The maximum Gasteiger partial charge on any atom is 0.357 e. The molecular formula is C7H6N4O3. The molecule has 0 aliphatic heterocycles. The molecule has 0 spiro atoms. The predicted octanol–water partition coefficient (Wildman–Crippen LogP) is 0.0597. The van der Waals surface area contributed by atoms with Crippen molar-refractivity contribution in [2.75, 3.05) is 7.11 Å². The highest BCUT2D eigenvalue weighted by molar-refractivity contribution is 5.99. The van der Waals surface area contributed by atoms with Crippen LogP contribution < -0.4 is 4.74 Å². The lowest BCUT2D eigenvalue weighted by Gasteiger charge is -1.94. The molecule has 2 aromatic heterocycles. The SMILES string of the molecule is COc1ncc2c(C(=O)O)n[nH]c2n1. The predicted molar refractivity (Wildman–Crippen MR) is 45.2 cm³/mol. The Bertz CT molecular complexity index is 493. The molecule has 7 heteroatoms. The minimum Gasteiger partial charge on any atom is -0.476 e. The van der Waals surface area contributed by atoms with Gasteiger partial charge in [-0.2, -0.15) is 10.1 Å². The average molecular weight is 194 g/mol. The Morgan fingerprint density at radius 1 is 1.64 bits per heavy atom. The third-order valence-electron chi connectivity index (χ3n) is 1.68. The molecule has 72 valence electrons. The molecule has 0 radical (unpaired) electrons. The molecule has 0 atom stereocenters. The van der Waals surface area contributed by atoms with Gasteiger partial charge in [0.2, 0.25) is 0 Å². The molecule has 2 aromatic rings. The zero-order valence-electron chi connectivity index (χ0n) is 7.18. The normalized spacial score (nSPS) is 10.4. The Morgan fingerprint density at radius 2 is 2.43 bits per heavy atom. The Kier molecular flexibility index (Phi) is 1.77. The molecule has 0 aliphatic carbocycles. The molecule has 0 saturated heterocycles. The zero-order valence-corrected chi connectivity index (χ0v) is 7.18. The molecule has 0 saturated carbocycles. The Morgan fingerprint density at radius 3 is 3.07 bits per heavy atom. The number of carbonyl (C=O) groups is 1. The monoisotopic (exact) mass is 194 g/mol. The van der Waals surface area contributed by atoms with Crippen molar-refractivity contribution in [2.45, 2.75) is 0 Å². The van der Waals surface area contributed by atoms with E-state index in [4.69, 9.17) is 9.84 Å². The summed E-state index contributed by atoms with van der Waals surface area (Å²) >= 11 is 0. The summed E-state index contributed by atoms with van der Waals surface area (Å²) in [6.07, 6.45) is 1.36. The minimum absolute atomic E-state index is 0.0948. The highest BCUT2D eigenvalue weighted by Crippen LogP contribution is 2.14. The summed E-state index contributed by atoms with van der Waals surface area (Å²) in [4.78, 5) is 18.3. The standard InChI is InChI=1S/C7H6N4O3/c1-14-7-8-2-3-4(6(12)13)10-11-5(3)9-7/h2H,1H3,(H,12,13)(H,8,9,10,11). The number of nitrogens with one attached hydrogen (secondary N) is 1. The number of nitrogens with zero attached hydrogens (tertiary/aromatic N) is 3. The molecule has 2 heterocycles. The van der Waals surface area contributed by atoms with Crippen LogP contribution >= 0.6 is 0 Å². The minimum atomic E-state index is -1.12. The number of aromatic carboxylic acids is 1. The molecule has 2 rings (SSSR count). The van der Waals surface area contributed by atoms with E-state index in [1.54, 1.807) is 0 Å². The van der Waals surface area contributed by atoms with Gasteiger partial charge in [-0.3, -0.25) is 5.10 Å². The summed E-state index contributed by atoms with van der Waals surface area (Å²) < 4.78 is 4.77. The maximum atomic E-state index is 10.7. The molecule has 7 nitrogen and oxygen atoms in total. The lowest BCUT2D eigenvalue weighted by molar-refractivity contribution is 0.0692. The number of methoxy groups -OCH3 is 1. The quantitative estimate of drug-likeness (QED) is 0.700. The van der Waals surface area contributed by atoms with E-state index in [1.165, 1.54) is 13.3 Å². The first-order valence-electron chi connectivity index (χ1n) is 3.71. The first kappa shape index (κ1) is 8.42. The Balaban J connectivity index is 2.65. The fraction of sp³-hybridized carbons (Fsp3) is 0.143. The van der Waals surface area contributed by atoms with Gasteiger partial charge in [0.25, 0.3) is 0 Å². The highest BCUT2D eigenvalue weighted by atomic mass is 16.5. The van der Waals surface area contributed by atoms with Crippen molar-refractivity contribution in [3.63, 3.8) is 0 Å². The van der Waals surface area contributed by atoms with Crippen molar-refractivity contribution in [3.8, 4) is 6.01 Å². The first-order valence-corrected chi connectivity index (χ1v) is 3.71. The maximum absolute atomic E-state index is 10.7. The van der Waals surface area contributed by atoms with E-state index in [9.17, 15) is 4.79 Å². The van der Waals surface area contributed by atoms with Crippen molar-refractivity contribution in [2.24, 2.45) is 0 Å². The molecule has 2 N–H and O–H groups in total. The number of H-pyrrole nitrogens is 1. The zero-order chi connectivity index (χ0) is 10.1. The van der Waals surface area contributed by atoms with Crippen LogP contribution in [0.2, 0.25) is 0 Å². The van der Waals surface area contributed by atoms with Gasteiger partial charge >= 0.3 is 12.0 Å². The fourth-order valence-electron chi connectivity index (χ4n) is 1.05. The van der Waals surface area contributed by atoms with Gasteiger partial charge in [-0.1, -0.05) is 0 Å². The molecule has 0 aromatic carbocycles. The number of hydrogen-bond donors (Lipinski definition) is 2. The van der Waals surface area contributed by atoms with Crippen molar-refractivity contribution in [1.29, 1.82) is 0 Å². The van der Waals surface area contributed by atoms with E-state index in [1.807, 2.05) is 0 Å². The van der Waals surface area contributed by atoms with Crippen LogP contribution in [0.4, 0.5) is 0 Å². The van der Waals surface area contributed by atoms with Crippen molar-refractivity contribution < 1.29 is 14.6 Å². The number of aromatic amines is 1. The first-order chi connectivity index (χ1) is 6.72. The molecule has 0 fully saturated rings. The summed E-state index contributed by atoms with van der Waals surface area (Å²) in [5, 5.41) is 15.2. The third-order valence-corrected chi connectivity index (χ3v) is 1.68. The molecule has 0 amide bonds. The fourth-order valence-corrected chi connectivity index (χ4v) is 1.05. The summed E-state index contributed by atoms with van der Waals surface area (Å²) in [5.41, 5.74) is 0.247. The number of fused-ring (bicyclic) bond motifs is 1. The number of hydrogen-bond acceptors (Lipinski definition) is 5. The Labute approximate surface area is 77.7 Å². The van der Waals surface area contributed by atoms with Gasteiger partial charge in [-0.15, -0.1) is 0 Å². The van der Waals surface area contributed by atoms with Crippen molar-refractivity contribution >= 4 is 17.0 Å². The van der Waals surface area contributed by atoms with Crippen molar-refractivity contribution in [3.05, 3.63) is 11.9 Å². The van der Waals surface area contributed by atoms with E-state index < -0.39 is 5.97 Å². The van der Waals surface area contributed by atoms with Gasteiger partial charge < -0.3 is 9.84 Å². The summed E-state index contributed by atoms with van der Waals surface area (Å²) in [7, 11) is 1.43. The topological polar surface area (TPSA) is 101 Å². The molecule has 14 heavy (non-hydrogen) atoms. The van der Waals surface area contributed by atoms with Crippen LogP contribution in [0.1, 0.15) is 10.5 Å². The van der Waals surface area contributed by atoms with E-state index in [0.29, 0.717) is 11.0 Å². The van der Waals surface area contributed by atoms with Crippen LogP contribution in [0.5, 0.6) is 6.01 Å². The van der Waals surface area contributed by atoms with Gasteiger partial charge in [-0.05, 0) is 0 Å². The number of carboxylic acid groups (broad SMARTS) is 1. The molecule has 0 unspecified atom stereocenters. The number of rotatable bonds is 2. The lowest BCUT2D eigenvalue weighted by atomic mass is 10.3. The second-order valence-electron chi connectivity index (χ2n) is 2.50. The summed E-state index contributed by atoms with van der Waals surface area (Å²) in [6.45, 7) is 0. The van der Waals surface area contributed by atoms with Gasteiger partial charge in [0.15, 0.2) is 11.3 Å². The van der Waals surface area contributed by atoms with Crippen LogP contribution in [0, 0.1) is 0 Å². The van der Waals surface area contributed by atoms with E-state index >= 15 is 0 Å². The number of aromatic nitrogens is 4. The number of ether oxygens (including phenoxy) is 1. The summed E-state index contributed by atoms with van der Waals surface area (Å²) in [5.74, 6) is -1.12. The van der Waals surface area contributed by atoms with Crippen LogP contribution in [-0.4, -0.2) is 38.4 Å². The smallest absolute Gasteiger partial charge is 0.357 e. The van der Waals surface area contributed by atoms with Crippen LogP contribution in [0.3, 0.4) is 0 Å². The average Bonchev–Trinajstić information content (AvgIpc) is 2.59. The highest BCUT2D eigenvalue weighted by Gasteiger charge is 2.14.